The molecule has 5 rings (SSSR count). The van der Waals surface area contributed by atoms with Gasteiger partial charge in [0.25, 0.3) is 0 Å². The van der Waals surface area contributed by atoms with E-state index < -0.39 is 11.4 Å². The van der Waals surface area contributed by atoms with E-state index in [0.717, 1.165) is 25.0 Å². The van der Waals surface area contributed by atoms with Crippen LogP contribution in [-0.4, -0.2) is 17.7 Å². The van der Waals surface area contributed by atoms with Crippen LogP contribution in [0, 0.1) is 23.7 Å². The van der Waals surface area contributed by atoms with E-state index in [9.17, 15) is 0 Å². The molecule has 5 aliphatic rings. The van der Waals surface area contributed by atoms with Gasteiger partial charge in [-0.25, -0.2) is 9.78 Å². The second kappa shape index (κ2) is 4.70. The van der Waals surface area contributed by atoms with E-state index in [-0.39, 0.29) is 6.29 Å². The fourth-order valence-electron chi connectivity index (χ4n) is 4.94. The molecular formula is C16H23BrO4. The van der Waals surface area contributed by atoms with Gasteiger partial charge < -0.3 is 9.47 Å². The van der Waals surface area contributed by atoms with E-state index in [1.54, 1.807) is 0 Å². The van der Waals surface area contributed by atoms with Gasteiger partial charge in [0.2, 0.25) is 12.1 Å². The normalized spacial score (nSPS) is 57.5. The first kappa shape index (κ1) is 14.5. The lowest BCUT2D eigenvalue weighted by molar-refractivity contribution is -0.562. The third-order valence-corrected chi connectivity index (χ3v) is 6.63. The first-order valence-corrected chi connectivity index (χ1v) is 8.93. The number of rotatable bonds is 0. The summed E-state index contributed by atoms with van der Waals surface area (Å²) in [6.07, 6.45) is 3.94. The van der Waals surface area contributed by atoms with Gasteiger partial charge in [-0.2, -0.15) is 0 Å². The van der Waals surface area contributed by atoms with Crippen molar-refractivity contribution >= 4 is 15.9 Å². The third kappa shape index (κ3) is 1.84. The van der Waals surface area contributed by atoms with Gasteiger partial charge in [-0.3, -0.25) is 0 Å². The molecule has 0 radical (unpaired) electrons. The monoisotopic (exact) mass is 358 g/mol. The molecule has 1 aliphatic carbocycles. The highest BCUT2D eigenvalue weighted by atomic mass is 79.9. The Kier molecular flexibility index (Phi) is 3.24. The molecule has 0 aromatic heterocycles. The molecule has 4 saturated heterocycles. The minimum atomic E-state index is -0.685. The number of allylic oxidation sites excluding steroid dienone is 1. The summed E-state index contributed by atoms with van der Waals surface area (Å²) < 4.78 is 12.4. The van der Waals surface area contributed by atoms with Crippen molar-refractivity contribution in [3.63, 3.8) is 0 Å². The summed E-state index contributed by atoms with van der Waals surface area (Å²) in [5.74, 6) is 2.01. The van der Waals surface area contributed by atoms with Crippen LogP contribution in [0.15, 0.2) is 10.7 Å². The van der Waals surface area contributed by atoms with E-state index in [1.807, 2.05) is 11.9 Å². The fourth-order valence-corrected chi connectivity index (χ4v) is 5.46. The number of hydrogen-bond acceptors (Lipinski definition) is 4. The Bertz CT molecular complexity index is 481. The highest BCUT2D eigenvalue weighted by Crippen LogP contribution is 2.61. The lowest BCUT2D eigenvalue weighted by atomic mass is 9.58. The van der Waals surface area contributed by atoms with Gasteiger partial charge in [0.05, 0.1) is 0 Å². The molecule has 5 fully saturated rings. The van der Waals surface area contributed by atoms with Crippen LogP contribution in [0.25, 0.3) is 0 Å². The van der Waals surface area contributed by atoms with E-state index in [0.29, 0.717) is 23.7 Å². The second-order valence-electron chi connectivity index (χ2n) is 7.33. The van der Waals surface area contributed by atoms with Crippen molar-refractivity contribution in [2.75, 3.05) is 0 Å². The minimum Gasteiger partial charge on any atom is -0.465 e. The van der Waals surface area contributed by atoms with E-state index in [1.165, 1.54) is 6.42 Å². The molecule has 118 valence electrons. The Morgan fingerprint density at radius 1 is 1.14 bits per heavy atom. The summed E-state index contributed by atoms with van der Waals surface area (Å²) in [6, 6.07) is 0. The Balaban J connectivity index is 1.83. The summed E-state index contributed by atoms with van der Waals surface area (Å²) in [5.41, 5.74) is -0.452. The SMILES string of the molecule is C[C@@H]1CC[C@H]2[C@@H](C)/C(=C/Br)O[C@@H]3O[C@@]4(C)CC[C@@H]1[C@]32OO4. The summed E-state index contributed by atoms with van der Waals surface area (Å²) in [6.45, 7) is 6.51. The number of hydrogen-bond donors (Lipinski definition) is 0. The summed E-state index contributed by atoms with van der Waals surface area (Å²) >= 11 is 3.44. The van der Waals surface area contributed by atoms with Gasteiger partial charge in [0, 0.05) is 29.2 Å². The molecule has 5 heteroatoms. The molecule has 2 bridgehead atoms. The maximum atomic E-state index is 6.23. The minimum absolute atomic E-state index is 0.310. The maximum Gasteiger partial charge on any atom is 0.235 e. The van der Waals surface area contributed by atoms with Crippen LogP contribution in [0.3, 0.4) is 0 Å². The molecule has 0 N–H and O–H groups in total. The number of ether oxygens (including phenoxy) is 2. The highest BCUT2D eigenvalue weighted by Gasteiger charge is 2.69. The van der Waals surface area contributed by atoms with Crippen LogP contribution in [0.5, 0.6) is 0 Å². The molecule has 4 heterocycles. The Morgan fingerprint density at radius 2 is 1.95 bits per heavy atom. The van der Waals surface area contributed by atoms with Crippen molar-refractivity contribution in [1.29, 1.82) is 0 Å². The van der Waals surface area contributed by atoms with Gasteiger partial charge in [0.1, 0.15) is 5.76 Å². The molecule has 7 atom stereocenters. The zero-order valence-electron chi connectivity index (χ0n) is 12.8. The Labute approximate surface area is 134 Å². The van der Waals surface area contributed by atoms with E-state index in [2.05, 4.69) is 29.8 Å². The standard InChI is InChI=1S/C16H23BrO4/c1-9-4-5-12-10(2)13(8-17)18-14-16(12)11(9)6-7-15(3,19-14)20-21-16/h8-12,14H,4-7H2,1-3H3/b13-8-/t9-,10-,11+,12+,14-,15-,16-/m1/s1. The molecule has 0 amide bonds. The molecule has 0 aromatic rings. The summed E-state index contributed by atoms with van der Waals surface area (Å²) in [7, 11) is 0. The van der Waals surface area contributed by atoms with Crippen molar-refractivity contribution in [3.8, 4) is 0 Å². The van der Waals surface area contributed by atoms with Gasteiger partial charge in [-0.15, -0.1) is 0 Å². The largest absolute Gasteiger partial charge is 0.465 e. The van der Waals surface area contributed by atoms with Crippen LogP contribution < -0.4 is 0 Å². The molecular weight excluding hydrogens is 336 g/mol. The fraction of sp³-hybridized carbons (Fsp3) is 0.875. The zero-order valence-corrected chi connectivity index (χ0v) is 14.4. The third-order valence-electron chi connectivity index (χ3n) is 6.18. The van der Waals surface area contributed by atoms with Crippen molar-refractivity contribution in [1.82, 2.24) is 0 Å². The molecule has 21 heavy (non-hydrogen) atoms. The number of halogens is 1. The van der Waals surface area contributed by atoms with Crippen LogP contribution in [0.4, 0.5) is 0 Å². The molecule has 1 saturated carbocycles. The quantitative estimate of drug-likeness (QED) is 0.610. The van der Waals surface area contributed by atoms with E-state index in [4.69, 9.17) is 19.2 Å². The first-order valence-electron chi connectivity index (χ1n) is 8.02. The zero-order chi connectivity index (χ0) is 14.8. The predicted octanol–water partition coefficient (Wildman–Crippen LogP) is 4.10. The lowest BCUT2D eigenvalue weighted by Crippen LogP contribution is -2.68. The molecule has 0 unspecified atom stereocenters. The van der Waals surface area contributed by atoms with Gasteiger partial charge in [0.15, 0.2) is 5.60 Å². The van der Waals surface area contributed by atoms with Gasteiger partial charge in [-0.05, 0) is 32.1 Å². The van der Waals surface area contributed by atoms with Crippen molar-refractivity contribution < 1.29 is 19.2 Å². The second-order valence-corrected chi connectivity index (χ2v) is 7.79. The van der Waals surface area contributed by atoms with Crippen LogP contribution in [0.2, 0.25) is 0 Å². The molecule has 4 aliphatic heterocycles. The molecule has 0 aromatic carbocycles. The molecule has 4 nitrogen and oxygen atoms in total. The average Bonchev–Trinajstić information content (AvgIpc) is 2.69. The highest BCUT2D eigenvalue weighted by molar-refractivity contribution is 9.11. The summed E-state index contributed by atoms with van der Waals surface area (Å²) in [5, 5.41) is 0. The van der Waals surface area contributed by atoms with Crippen LogP contribution in [-0.2, 0) is 19.2 Å². The van der Waals surface area contributed by atoms with E-state index >= 15 is 0 Å². The van der Waals surface area contributed by atoms with Crippen molar-refractivity contribution in [2.24, 2.45) is 23.7 Å². The Morgan fingerprint density at radius 3 is 2.71 bits per heavy atom. The number of fused-ring (bicyclic) bond motifs is 2. The first-order chi connectivity index (χ1) is 10.00. The van der Waals surface area contributed by atoms with Gasteiger partial charge in [-0.1, -0.05) is 29.8 Å². The molecule has 1 spiro atoms. The van der Waals surface area contributed by atoms with Gasteiger partial charge >= 0.3 is 0 Å². The van der Waals surface area contributed by atoms with Crippen molar-refractivity contribution in [2.45, 2.75) is 64.1 Å². The maximum absolute atomic E-state index is 6.23. The summed E-state index contributed by atoms with van der Waals surface area (Å²) in [4.78, 5) is 13.7. The average molecular weight is 359 g/mol. The van der Waals surface area contributed by atoms with Crippen LogP contribution in [0.1, 0.15) is 46.5 Å². The Hall–Kier alpha value is -0.100. The van der Waals surface area contributed by atoms with Crippen molar-refractivity contribution in [3.05, 3.63) is 10.7 Å². The van der Waals surface area contributed by atoms with Crippen LogP contribution >= 0.6 is 15.9 Å². The topological polar surface area (TPSA) is 36.9 Å². The predicted molar refractivity (Wildman–Crippen MR) is 80.1 cm³/mol. The lowest BCUT2D eigenvalue weighted by Gasteiger charge is -2.59. The smallest absolute Gasteiger partial charge is 0.235 e.